The molecule has 0 amide bonds. The van der Waals surface area contributed by atoms with Gasteiger partial charge in [0.05, 0.1) is 16.5 Å². The van der Waals surface area contributed by atoms with Crippen LogP contribution in [0.15, 0.2) is 24.3 Å². The van der Waals surface area contributed by atoms with Gasteiger partial charge in [0, 0.05) is 18.6 Å². The summed E-state index contributed by atoms with van der Waals surface area (Å²) >= 11 is 0. The number of anilines is 1. The van der Waals surface area contributed by atoms with Crippen molar-refractivity contribution in [3.8, 4) is 0 Å². The van der Waals surface area contributed by atoms with E-state index in [1.54, 1.807) is 17.8 Å². The Morgan fingerprint density at radius 2 is 1.91 bits per heavy atom. The zero-order valence-corrected chi connectivity index (χ0v) is 13.8. The highest BCUT2D eigenvalue weighted by Gasteiger charge is 2.60. The van der Waals surface area contributed by atoms with Gasteiger partial charge in [0.15, 0.2) is 12.3 Å². The van der Waals surface area contributed by atoms with Crippen LogP contribution in [0.2, 0.25) is 0 Å². The molecule has 4 atom stereocenters. The van der Waals surface area contributed by atoms with E-state index in [0.717, 1.165) is 30.5 Å². The van der Waals surface area contributed by atoms with Gasteiger partial charge < -0.3 is 0 Å². The molecule has 2 fully saturated rings. The fourth-order valence-electron chi connectivity index (χ4n) is 5.37. The van der Waals surface area contributed by atoms with Crippen LogP contribution in [0.25, 0.3) is 0 Å². The molecule has 2 aliphatic carbocycles. The zero-order valence-electron chi connectivity index (χ0n) is 13.8. The maximum absolute atomic E-state index is 10.9. The molecule has 1 aromatic rings. The number of hydrazone groups is 1. The molecule has 5 heteroatoms. The number of fused-ring (bicyclic) bond motifs is 5. The van der Waals surface area contributed by atoms with Crippen molar-refractivity contribution in [3.63, 3.8) is 0 Å². The number of nitro groups is 1. The van der Waals surface area contributed by atoms with Gasteiger partial charge in [0.1, 0.15) is 6.04 Å². The summed E-state index contributed by atoms with van der Waals surface area (Å²) in [4.78, 5) is 10.6. The molecule has 4 rings (SSSR count). The van der Waals surface area contributed by atoms with Crippen molar-refractivity contribution >= 4 is 17.1 Å². The number of hydrazine groups is 1. The maximum Gasteiger partial charge on any atom is 0.269 e. The highest BCUT2D eigenvalue weighted by Crippen LogP contribution is 2.54. The van der Waals surface area contributed by atoms with E-state index in [0.29, 0.717) is 12.0 Å². The van der Waals surface area contributed by atoms with Gasteiger partial charge in [0.25, 0.3) is 5.69 Å². The number of rotatable bonds is 4. The van der Waals surface area contributed by atoms with Gasteiger partial charge >= 0.3 is 0 Å². The molecule has 3 aliphatic rings. The van der Waals surface area contributed by atoms with Crippen LogP contribution < -0.4 is 5.01 Å². The molecule has 122 valence electrons. The molecule has 1 aromatic carbocycles. The first-order valence-electron chi connectivity index (χ1n) is 8.82. The van der Waals surface area contributed by atoms with Gasteiger partial charge in [-0.1, -0.05) is 6.92 Å². The molecule has 1 aliphatic heterocycles. The van der Waals surface area contributed by atoms with Gasteiger partial charge in [-0.25, -0.2) is 0 Å². The largest absolute Gasteiger partial charge is 0.269 e. The lowest BCUT2D eigenvalue weighted by Crippen LogP contribution is -2.43. The van der Waals surface area contributed by atoms with Crippen LogP contribution in [0.3, 0.4) is 0 Å². The predicted molar refractivity (Wildman–Crippen MR) is 89.8 cm³/mol. The zero-order chi connectivity index (χ0) is 16.1. The van der Waals surface area contributed by atoms with Gasteiger partial charge in [0.2, 0.25) is 0 Å². The Hall–Kier alpha value is -1.91. The first-order chi connectivity index (χ1) is 11.2. The Morgan fingerprint density at radius 3 is 2.52 bits per heavy atom. The number of non-ortho nitro benzene ring substituents is 1. The Morgan fingerprint density at radius 1 is 1.22 bits per heavy atom. The minimum Gasteiger partial charge on any atom is -0.258 e. The van der Waals surface area contributed by atoms with Gasteiger partial charge in [-0.3, -0.25) is 10.1 Å². The third-order valence-corrected chi connectivity index (χ3v) is 6.12. The van der Waals surface area contributed by atoms with E-state index in [9.17, 15) is 10.1 Å². The normalized spacial score (nSPS) is 31.8. The average molecular weight is 314 g/mol. The topological polar surface area (TPSA) is 49.4 Å². The van der Waals surface area contributed by atoms with Gasteiger partial charge in [-0.05, 0) is 50.2 Å². The van der Waals surface area contributed by atoms with Crippen molar-refractivity contribution in [2.24, 2.45) is 17.8 Å². The molecule has 5 nitrogen and oxygen atoms in total. The fourth-order valence-corrected chi connectivity index (χ4v) is 5.37. The summed E-state index contributed by atoms with van der Waals surface area (Å²) in [6.45, 7) is 5.43. The van der Waals surface area contributed by atoms with Crippen molar-refractivity contribution < 1.29 is 9.61 Å². The molecule has 0 unspecified atom stereocenters. The number of hydrogen-bond donors (Lipinski definition) is 0. The molecule has 0 N–H and O–H groups in total. The molecule has 0 saturated heterocycles. The van der Waals surface area contributed by atoms with Crippen molar-refractivity contribution in [1.82, 2.24) is 0 Å². The van der Waals surface area contributed by atoms with Gasteiger partial charge in [-0.15, -0.1) is 9.69 Å². The van der Waals surface area contributed by atoms with E-state index in [-0.39, 0.29) is 10.6 Å². The number of hydrogen-bond acceptors (Lipinski definition) is 3. The second kappa shape index (κ2) is 5.32. The van der Waals surface area contributed by atoms with Crippen LogP contribution in [-0.4, -0.2) is 27.9 Å². The molecular formula is C18H24N3O2+. The van der Waals surface area contributed by atoms with E-state index < -0.39 is 0 Å². The van der Waals surface area contributed by atoms with Gasteiger partial charge in [-0.2, -0.15) is 0 Å². The molecule has 0 spiro atoms. The lowest BCUT2D eigenvalue weighted by Gasteiger charge is -2.28. The van der Waals surface area contributed by atoms with E-state index >= 15 is 0 Å². The summed E-state index contributed by atoms with van der Waals surface area (Å²) in [6, 6.07) is 7.67. The molecule has 0 aromatic heterocycles. The smallest absolute Gasteiger partial charge is 0.258 e. The molecule has 1 heterocycles. The quantitative estimate of drug-likeness (QED) is 0.484. The summed E-state index contributed by atoms with van der Waals surface area (Å²) < 4.78 is 2.45. The predicted octanol–water partition coefficient (Wildman–Crippen LogP) is 3.63. The van der Waals surface area contributed by atoms with Crippen molar-refractivity contribution in [3.05, 3.63) is 34.4 Å². The summed E-state index contributed by atoms with van der Waals surface area (Å²) in [5, 5.41) is 13.4. The van der Waals surface area contributed by atoms with Crippen LogP contribution in [0.1, 0.15) is 39.5 Å². The lowest BCUT2D eigenvalue weighted by atomic mass is 9.81. The summed E-state index contributed by atoms with van der Waals surface area (Å²) in [6.07, 6.45) is 5.17. The molecule has 0 radical (unpaired) electrons. The van der Waals surface area contributed by atoms with Crippen molar-refractivity contribution in [2.45, 2.75) is 45.6 Å². The standard InChI is InChI=1S/C18H24N3O2/c1-3-16-17-12-5-6-13(11-12)18(17)20(19(16)4-2)14-7-9-15(10-8-14)21(22)23/h7-10,12-13,17-18H,3-6,11H2,1-2H3/q+1/t12-,13+,17-,18-/m1/s1. The average Bonchev–Trinajstić information content (AvgIpc) is 3.24. The third-order valence-electron chi connectivity index (χ3n) is 6.12. The maximum atomic E-state index is 10.9. The van der Waals surface area contributed by atoms with E-state index in [4.69, 9.17) is 0 Å². The third kappa shape index (κ3) is 2.02. The first kappa shape index (κ1) is 14.7. The Kier molecular flexibility index (Phi) is 3.39. The fraction of sp³-hybridized carbons (Fsp3) is 0.611. The Balaban J connectivity index is 1.76. The monoisotopic (exact) mass is 314 g/mol. The lowest BCUT2D eigenvalue weighted by molar-refractivity contribution is -0.535. The SMILES string of the molecule is CCC1=[N+](CC)N(c2ccc([N+](=O)[O-])cc2)[C@@H]2[C@H]3CC[C@H](C3)[C@H]12. The number of nitrogens with zero attached hydrogens (tertiary/aromatic N) is 3. The molecule has 23 heavy (non-hydrogen) atoms. The first-order valence-corrected chi connectivity index (χ1v) is 8.82. The van der Waals surface area contributed by atoms with E-state index in [1.165, 1.54) is 19.3 Å². The number of benzene rings is 1. The van der Waals surface area contributed by atoms with Crippen LogP contribution in [0.4, 0.5) is 11.4 Å². The highest BCUT2D eigenvalue weighted by atomic mass is 16.6. The summed E-state index contributed by atoms with van der Waals surface area (Å²) in [7, 11) is 0. The van der Waals surface area contributed by atoms with E-state index in [2.05, 4.69) is 23.5 Å². The Bertz CT molecular complexity index is 667. The second-order valence-corrected chi connectivity index (χ2v) is 7.03. The van der Waals surface area contributed by atoms with Crippen LogP contribution in [-0.2, 0) is 0 Å². The Labute approximate surface area is 136 Å². The van der Waals surface area contributed by atoms with Crippen LogP contribution in [0, 0.1) is 27.9 Å². The molecule has 2 saturated carbocycles. The summed E-state index contributed by atoms with van der Waals surface area (Å²) in [5.41, 5.74) is 2.84. The van der Waals surface area contributed by atoms with Crippen LogP contribution in [0.5, 0.6) is 0 Å². The van der Waals surface area contributed by atoms with Crippen LogP contribution >= 0.6 is 0 Å². The van der Waals surface area contributed by atoms with Crippen molar-refractivity contribution in [1.29, 1.82) is 0 Å². The van der Waals surface area contributed by atoms with Crippen molar-refractivity contribution in [2.75, 3.05) is 11.6 Å². The minimum atomic E-state index is -0.324. The summed E-state index contributed by atoms with van der Waals surface area (Å²) in [5.74, 6) is 2.31. The minimum absolute atomic E-state index is 0.167. The second-order valence-electron chi connectivity index (χ2n) is 7.03. The molecule has 2 bridgehead atoms. The van der Waals surface area contributed by atoms with E-state index in [1.807, 2.05) is 12.1 Å². The highest BCUT2D eigenvalue weighted by molar-refractivity contribution is 5.86. The molecular weight excluding hydrogens is 290 g/mol. The number of nitro benzene ring substituents is 1.